The number of carbonyl (C=O) groups excluding carboxylic acids is 4. The number of hydrogen-bond donors (Lipinski definition) is 1. The molecule has 8 heteroatoms. The van der Waals surface area contributed by atoms with Crippen LogP contribution in [0.15, 0.2) is 48.5 Å². The Morgan fingerprint density at radius 2 is 1.60 bits per heavy atom. The Bertz CT molecular complexity index is 924. The van der Waals surface area contributed by atoms with Crippen LogP contribution in [0.3, 0.4) is 0 Å². The summed E-state index contributed by atoms with van der Waals surface area (Å²) in [5, 5.41) is 2.46. The van der Waals surface area contributed by atoms with Crippen molar-refractivity contribution in [1.82, 2.24) is 0 Å². The lowest BCUT2D eigenvalue weighted by Gasteiger charge is -2.13. The molecule has 0 aliphatic carbocycles. The predicted octanol–water partition coefficient (Wildman–Crippen LogP) is 2.94. The van der Waals surface area contributed by atoms with Gasteiger partial charge in [-0.15, -0.1) is 0 Å². The van der Waals surface area contributed by atoms with E-state index >= 15 is 0 Å². The summed E-state index contributed by atoms with van der Waals surface area (Å²) in [6, 6.07) is 13.5. The number of methoxy groups -OCH3 is 2. The molecule has 0 spiro atoms. The number of rotatable bonds is 8. The largest absolute Gasteiger partial charge is 0.465 e. The highest BCUT2D eigenvalue weighted by atomic mass is 16.5. The first kappa shape index (κ1) is 22.6. The molecule has 0 radical (unpaired) electrons. The van der Waals surface area contributed by atoms with Gasteiger partial charge in [0.05, 0.1) is 37.5 Å². The normalized spacial score (nSPS) is 11.2. The molecule has 1 atom stereocenters. The minimum atomic E-state index is -0.699. The first-order valence-electron chi connectivity index (χ1n) is 9.16. The maximum Gasteiger partial charge on any atom is 0.339 e. The van der Waals surface area contributed by atoms with E-state index in [-0.39, 0.29) is 29.2 Å². The summed E-state index contributed by atoms with van der Waals surface area (Å²) in [5.74, 6) is -2.59. The number of esters is 3. The van der Waals surface area contributed by atoms with Gasteiger partial charge in [-0.25, -0.2) is 9.59 Å². The second-order valence-electron chi connectivity index (χ2n) is 6.47. The van der Waals surface area contributed by atoms with E-state index in [0.29, 0.717) is 0 Å². The Morgan fingerprint density at radius 1 is 0.933 bits per heavy atom. The SMILES string of the molecule is COC(=O)c1ccc(C(=O)OC)c(NC(=O)COC(=O)C[C@@H](C)c2ccccc2)c1. The lowest BCUT2D eigenvalue weighted by Crippen LogP contribution is -2.23. The van der Waals surface area contributed by atoms with Crippen molar-refractivity contribution in [2.75, 3.05) is 26.1 Å². The van der Waals surface area contributed by atoms with E-state index in [9.17, 15) is 19.2 Å². The van der Waals surface area contributed by atoms with Crippen LogP contribution in [0.4, 0.5) is 5.69 Å². The highest BCUT2D eigenvalue weighted by molar-refractivity contribution is 6.04. The Hall–Kier alpha value is -3.68. The molecule has 0 aliphatic heterocycles. The van der Waals surface area contributed by atoms with Crippen molar-refractivity contribution in [1.29, 1.82) is 0 Å². The maximum absolute atomic E-state index is 12.2. The fraction of sp³-hybridized carbons (Fsp3) is 0.273. The van der Waals surface area contributed by atoms with Crippen molar-refractivity contribution in [3.05, 3.63) is 65.2 Å². The first-order chi connectivity index (χ1) is 14.3. The number of ether oxygens (including phenoxy) is 3. The standard InChI is InChI=1S/C22H23NO7/c1-14(15-7-5-4-6-8-15)11-20(25)30-13-19(24)23-18-12-16(21(26)28-2)9-10-17(18)22(27)29-3/h4-10,12,14H,11,13H2,1-3H3,(H,23,24)/t14-/m1/s1. The minimum absolute atomic E-state index is 0.0440. The predicted molar refractivity (Wildman–Crippen MR) is 108 cm³/mol. The monoisotopic (exact) mass is 413 g/mol. The Balaban J connectivity index is 2.00. The molecule has 0 heterocycles. The summed E-state index contributed by atoms with van der Waals surface area (Å²) in [4.78, 5) is 47.9. The molecule has 1 N–H and O–H groups in total. The summed E-state index contributed by atoms with van der Waals surface area (Å²) in [6.45, 7) is 1.35. The molecule has 2 rings (SSSR count). The zero-order valence-corrected chi connectivity index (χ0v) is 17.0. The van der Waals surface area contributed by atoms with Gasteiger partial charge in [-0.2, -0.15) is 0 Å². The second kappa shape index (κ2) is 10.8. The van der Waals surface area contributed by atoms with E-state index in [1.54, 1.807) is 0 Å². The van der Waals surface area contributed by atoms with Crippen LogP contribution < -0.4 is 5.32 Å². The third kappa shape index (κ3) is 6.16. The van der Waals surface area contributed by atoms with Crippen LogP contribution >= 0.6 is 0 Å². The van der Waals surface area contributed by atoms with Gasteiger partial charge in [0, 0.05) is 0 Å². The van der Waals surface area contributed by atoms with Crippen LogP contribution in [0.5, 0.6) is 0 Å². The fourth-order valence-corrected chi connectivity index (χ4v) is 2.72. The van der Waals surface area contributed by atoms with Crippen molar-refractivity contribution in [3.63, 3.8) is 0 Å². The zero-order valence-electron chi connectivity index (χ0n) is 17.0. The zero-order chi connectivity index (χ0) is 22.1. The molecule has 0 saturated carbocycles. The Morgan fingerprint density at radius 3 is 2.23 bits per heavy atom. The van der Waals surface area contributed by atoms with Gasteiger partial charge in [0.25, 0.3) is 5.91 Å². The van der Waals surface area contributed by atoms with Gasteiger partial charge in [-0.1, -0.05) is 37.3 Å². The third-order valence-corrected chi connectivity index (χ3v) is 4.33. The molecule has 2 aromatic carbocycles. The molecule has 0 aliphatic rings. The van der Waals surface area contributed by atoms with Crippen molar-refractivity contribution in [2.24, 2.45) is 0 Å². The van der Waals surface area contributed by atoms with Gasteiger partial charge in [0.2, 0.25) is 0 Å². The second-order valence-corrected chi connectivity index (χ2v) is 6.47. The Kier molecular flexibility index (Phi) is 8.10. The summed E-state index contributed by atoms with van der Waals surface area (Å²) >= 11 is 0. The average molecular weight is 413 g/mol. The van der Waals surface area contributed by atoms with Gasteiger partial charge < -0.3 is 19.5 Å². The van der Waals surface area contributed by atoms with Crippen LogP contribution in [0.1, 0.15) is 45.5 Å². The molecular formula is C22H23NO7. The van der Waals surface area contributed by atoms with Gasteiger partial charge in [-0.3, -0.25) is 9.59 Å². The van der Waals surface area contributed by atoms with Crippen molar-refractivity contribution in [3.8, 4) is 0 Å². The van der Waals surface area contributed by atoms with Crippen LogP contribution in [-0.2, 0) is 23.8 Å². The van der Waals surface area contributed by atoms with E-state index in [0.717, 1.165) is 5.56 Å². The smallest absolute Gasteiger partial charge is 0.339 e. The Labute approximate surface area is 174 Å². The van der Waals surface area contributed by atoms with Gasteiger partial charge in [-0.05, 0) is 29.7 Å². The molecule has 158 valence electrons. The number of carbonyl (C=O) groups is 4. The number of benzene rings is 2. The summed E-state index contributed by atoms with van der Waals surface area (Å²) < 4.78 is 14.4. The molecule has 2 aromatic rings. The lowest BCUT2D eigenvalue weighted by molar-refractivity contribution is -0.147. The molecule has 0 unspecified atom stereocenters. The molecule has 0 fully saturated rings. The molecule has 0 bridgehead atoms. The van der Waals surface area contributed by atoms with Crippen molar-refractivity contribution in [2.45, 2.75) is 19.3 Å². The van der Waals surface area contributed by atoms with Gasteiger partial charge >= 0.3 is 17.9 Å². The van der Waals surface area contributed by atoms with E-state index in [2.05, 4.69) is 14.8 Å². The number of anilines is 1. The fourth-order valence-electron chi connectivity index (χ4n) is 2.72. The highest BCUT2D eigenvalue weighted by Gasteiger charge is 2.19. The number of amides is 1. The molecule has 0 aromatic heterocycles. The molecule has 30 heavy (non-hydrogen) atoms. The number of nitrogens with one attached hydrogen (secondary N) is 1. The van der Waals surface area contributed by atoms with E-state index in [1.807, 2.05) is 37.3 Å². The van der Waals surface area contributed by atoms with E-state index in [4.69, 9.17) is 4.74 Å². The van der Waals surface area contributed by atoms with Crippen LogP contribution in [0.25, 0.3) is 0 Å². The van der Waals surface area contributed by atoms with Crippen molar-refractivity contribution >= 4 is 29.5 Å². The summed E-state index contributed by atoms with van der Waals surface area (Å²) in [7, 11) is 2.41. The molecular weight excluding hydrogens is 390 g/mol. The minimum Gasteiger partial charge on any atom is -0.465 e. The highest BCUT2D eigenvalue weighted by Crippen LogP contribution is 2.21. The maximum atomic E-state index is 12.2. The van der Waals surface area contributed by atoms with Crippen LogP contribution in [0.2, 0.25) is 0 Å². The van der Waals surface area contributed by atoms with Crippen molar-refractivity contribution < 1.29 is 33.4 Å². The molecule has 8 nitrogen and oxygen atoms in total. The molecule has 0 saturated heterocycles. The van der Waals surface area contributed by atoms with E-state index < -0.39 is 30.4 Å². The number of hydrogen-bond acceptors (Lipinski definition) is 7. The third-order valence-electron chi connectivity index (χ3n) is 4.33. The first-order valence-corrected chi connectivity index (χ1v) is 9.16. The molecule has 1 amide bonds. The van der Waals surface area contributed by atoms with Gasteiger partial charge in [0.1, 0.15) is 0 Å². The topological polar surface area (TPSA) is 108 Å². The quantitative estimate of drug-likeness (QED) is 0.524. The van der Waals surface area contributed by atoms with E-state index in [1.165, 1.54) is 32.4 Å². The summed E-state index contributed by atoms with van der Waals surface area (Å²) in [6.07, 6.45) is 0.114. The average Bonchev–Trinajstić information content (AvgIpc) is 2.77. The summed E-state index contributed by atoms with van der Waals surface area (Å²) in [5.41, 5.74) is 1.21. The lowest BCUT2D eigenvalue weighted by atomic mass is 9.98. The van der Waals surface area contributed by atoms with Crippen LogP contribution in [-0.4, -0.2) is 44.6 Å². The van der Waals surface area contributed by atoms with Gasteiger partial charge in [0.15, 0.2) is 6.61 Å². The van der Waals surface area contributed by atoms with Crippen LogP contribution in [0, 0.1) is 0 Å².